The maximum absolute atomic E-state index is 11.5. The van der Waals surface area contributed by atoms with Gasteiger partial charge < -0.3 is 10.6 Å². The fourth-order valence-corrected chi connectivity index (χ4v) is 1.43. The van der Waals surface area contributed by atoms with Crippen LogP contribution in [0.5, 0.6) is 0 Å². The molecule has 0 bridgehead atoms. The van der Waals surface area contributed by atoms with Gasteiger partial charge in [-0.05, 0) is 32.0 Å². The molecule has 1 amide bonds. The SMILES string of the molecule is CCCNCC(=O)Nc1ccc(Cl)nc1C. The molecule has 0 aliphatic heterocycles. The Balaban J connectivity index is 2.49. The highest BCUT2D eigenvalue weighted by Crippen LogP contribution is 2.15. The molecule has 0 saturated carbocycles. The van der Waals surface area contributed by atoms with E-state index in [9.17, 15) is 4.79 Å². The van der Waals surface area contributed by atoms with Gasteiger partial charge in [-0.3, -0.25) is 4.79 Å². The van der Waals surface area contributed by atoms with Crippen LogP contribution in [0.25, 0.3) is 0 Å². The molecule has 5 heteroatoms. The summed E-state index contributed by atoms with van der Waals surface area (Å²) in [6, 6.07) is 3.41. The number of rotatable bonds is 5. The summed E-state index contributed by atoms with van der Waals surface area (Å²) in [6.45, 7) is 5.01. The monoisotopic (exact) mass is 241 g/mol. The van der Waals surface area contributed by atoms with Crippen LogP contribution in [0.3, 0.4) is 0 Å². The number of hydrogen-bond donors (Lipinski definition) is 2. The fourth-order valence-electron chi connectivity index (χ4n) is 1.24. The number of aromatic nitrogens is 1. The molecule has 1 aromatic heterocycles. The first-order valence-corrected chi connectivity index (χ1v) is 5.65. The molecule has 0 radical (unpaired) electrons. The third-order valence-corrected chi connectivity index (χ3v) is 2.25. The van der Waals surface area contributed by atoms with Crippen LogP contribution >= 0.6 is 11.6 Å². The summed E-state index contributed by atoms with van der Waals surface area (Å²) in [5.74, 6) is -0.0688. The third-order valence-electron chi connectivity index (χ3n) is 2.04. The highest BCUT2D eigenvalue weighted by molar-refractivity contribution is 6.29. The van der Waals surface area contributed by atoms with Crippen molar-refractivity contribution < 1.29 is 4.79 Å². The van der Waals surface area contributed by atoms with Crippen molar-refractivity contribution in [1.29, 1.82) is 0 Å². The number of anilines is 1. The zero-order valence-electron chi connectivity index (χ0n) is 9.51. The van der Waals surface area contributed by atoms with E-state index in [1.165, 1.54) is 0 Å². The Morgan fingerprint density at radius 3 is 2.88 bits per heavy atom. The first kappa shape index (κ1) is 12.9. The molecule has 16 heavy (non-hydrogen) atoms. The van der Waals surface area contributed by atoms with E-state index in [1.54, 1.807) is 19.1 Å². The Labute approximate surface area is 100 Å². The van der Waals surface area contributed by atoms with Crippen LogP contribution in [-0.4, -0.2) is 24.0 Å². The predicted octanol–water partition coefficient (Wildman–Crippen LogP) is 1.98. The molecule has 0 unspecified atom stereocenters. The van der Waals surface area contributed by atoms with Gasteiger partial charge in [0.15, 0.2) is 0 Å². The lowest BCUT2D eigenvalue weighted by Gasteiger charge is -2.08. The Morgan fingerprint density at radius 2 is 2.25 bits per heavy atom. The quantitative estimate of drug-likeness (QED) is 0.612. The van der Waals surface area contributed by atoms with Crippen LogP contribution in [0.15, 0.2) is 12.1 Å². The lowest BCUT2D eigenvalue weighted by Crippen LogP contribution is -2.28. The van der Waals surface area contributed by atoms with Crippen LogP contribution in [0.1, 0.15) is 19.0 Å². The van der Waals surface area contributed by atoms with Crippen molar-refractivity contribution in [3.63, 3.8) is 0 Å². The summed E-state index contributed by atoms with van der Waals surface area (Å²) in [5.41, 5.74) is 1.42. The number of carbonyl (C=O) groups excluding carboxylic acids is 1. The average Bonchev–Trinajstić information content (AvgIpc) is 2.23. The molecule has 0 fully saturated rings. The van der Waals surface area contributed by atoms with E-state index in [1.807, 2.05) is 0 Å². The maximum Gasteiger partial charge on any atom is 0.238 e. The van der Waals surface area contributed by atoms with Gasteiger partial charge in [-0.15, -0.1) is 0 Å². The largest absolute Gasteiger partial charge is 0.323 e. The summed E-state index contributed by atoms with van der Waals surface area (Å²) < 4.78 is 0. The zero-order chi connectivity index (χ0) is 12.0. The summed E-state index contributed by atoms with van der Waals surface area (Å²) >= 11 is 5.72. The number of nitrogens with one attached hydrogen (secondary N) is 2. The van der Waals surface area contributed by atoms with Crippen molar-refractivity contribution in [3.8, 4) is 0 Å². The minimum Gasteiger partial charge on any atom is -0.323 e. The lowest BCUT2D eigenvalue weighted by molar-refractivity contribution is -0.115. The van der Waals surface area contributed by atoms with Crippen molar-refractivity contribution in [2.45, 2.75) is 20.3 Å². The number of aryl methyl sites for hydroxylation is 1. The molecule has 1 aromatic rings. The summed E-state index contributed by atoms with van der Waals surface area (Å²) in [5, 5.41) is 6.23. The van der Waals surface area contributed by atoms with Gasteiger partial charge >= 0.3 is 0 Å². The van der Waals surface area contributed by atoms with Crippen LogP contribution < -0.4 is 10.6 Å². The van der Waals surface area contributed by atoms with E-state index < -0.39 is 0 Å². The zero-order valence-corrected chi connectivity index (χ0v) is 10.3. The molecule has 4 nitrogen and oxygen atoms in total. The highest BCUT2D eigenvalue weighted by atomic mass is 35.5. The van der Waals surface area contributed by atoms with Gasteiger partial charge in [-0.1, -0.05) is 18.5 Å². The molecule has 0 atom stereocenters. The van der Waals surface area contributed by atoms with Gasteiger partial charge in [-0.25, -0.2) is 4.98 Å². The second-order valence-electron chi connectivity index (χ2n) is 3.49. The van der Waals surface area contributed by atoms with E-state index in [4.69, 9.17) is 11.6 Å². The normalized spacial score (nSPS) is 10.2. The molecular formula is C11H16ClN3O. The van der Waals surface area contributed by atoms with Crippen LogP contribution in [0, 0.1) is 6.92 Å². The second kappa shape index (κ2) is 6.45. The molecule has 0 spiro atoms. The minimum atomic E-state index is -0.0688. The van der Waals surface area contributed by atoms with Crippen molar-refractivity contribution >= 4 is 23.2 Å². The Kier molecular flexibility index (Phi) is 5.22. The Hall–Kier alpha value is -1.13. The smallest absolute Gasteiger partial charge is 0.238 e. The molecular weight excluding hydrogens is 226 g/mol. The van der Waals surface area contributed by atoms with E-state index in [2.05, 4.69) is 22.5 Å². The summed E-state index contributed by atoms with van der Waals surface area (Å²) in [6.07, 6.45) is 1.01. The molecule has 0 saturated heterocycles. The average molecular weight is 242 g/mol. The van der Waals surface area contributed by atoms with Crippen molar-refractivity contribution in [1.82, 2.24) is 10.3 Å². The number of hydrogen-bond acceptors (Lipinski definition) is 3. The van der Waals surface area contributed by atoms with E-state index >= 15 is 0 Å². The van der Waals surface area contributed by atoms with Gasteiger partial charge in [0.1, 0.15) is 5.15 Å². The Bertz CT molecular complexity index is 368. The number of halogens is 1. The number of carbonyl (C=O) groups is 1. The Morgan fingerprint density at radius 1 is 1.50 bits per heavy atom. The van der Waals surface area contributed by atoms with Gasteiger partial charge in [0, 0.05) is 0 Å². The van der Waals surface area contributed by atoms with Crippen molar-refractivity contribution in [2.75, 3.05) is 18.4 Å². The molecule has 0 aromatic carbocycles. The number of pyridine rings is 1. The summed E-state index contributed by atoms with van der Waals surface area (Å²) in [7, 11) is 0. The highest BCUT2D eigenvalue weighted by Gasteiger charge is 2.05. The van der Waals surface area contributed by atoms with Crippen molar-refractivity contribution in [2.24, 2.45) is 0 Å². The van der Waals surface area contributed by atoms with Gasteiger partial charge in [-0.2, -0.15) is 0 Å². The van der Waals surface area contributed by atoms with E-state index in [-0.39, 0.29) is 5.91 Å². The molecule has 1 heterocycles. The van der Waals surface area contributed by atoms with Crippen LogP contribution in [0.2, 0.25) is 5.15 Å². The first-order valence-electron chi connectivity index (χ1n) is 5.27. The van der Waals surface area contributed by atoms with E-state index in [0.29, 0.717) is 17.4 Å². The standard InChI is InChI=1S/C11H16ClN3O/c1-3-6-13-7-11(16)15-9-4-5-10(12)14-8(9)2/h4-5,13H,3,6-7H2,1-2H3,(H,15,16). The van der Waals surface area contributed by atoms with E-state index in [0.717, 1.165) is 18.7 Å². The second-order valence-corrected chi connectivity index (χ2v) is 3.88. The van der Waals surface area contributed by atoms with Crippen LogP contribution in [0.4, 0.5) is 5.69 Å². The van der Waals surface area contributed by atoms with Crippen molar-refractivity contribution in [3.05, 3.63) is 23.0 Å². The molecule has 1 rings (SSSR count). The molecule has 2 N–H and O–H groups in total. The fraction of sp³-hybridized carbons (Fsp3) is 0.455. The molecule has 0 aliphatic carbocycles. The minimum absolute atomic E-state index is 0.0688. The van der Waals surface area contributed by atoms with Crippen LogP contribution in [-0.2, 0) is 4.79 Å². The third kappa shape index (κ3) is 4.16. The van der Waals surface area contributed by atoms with Gasteiger partial charge in [0.25, 0.3) is 0 Å². The summed E-state index contributed by atoms with van der Waals surface area (Å²) in [4.78, 5) is 15.5. The topological polar surface area (TPSA) is 54.0 Å². The maximum atomic E-state index is 11.5. The molecule has 88 valence electrons. The molecule has 0 aliphatic rings. The first-order chi connectivity index (χ1) is 7.63. The number of amides is 1. The predicted molar refractivity (Wildman–Crippen MR) is 65.8 cm³/mol. The number of nitrogens with zero attached hydrogens (tertiary/aromatic N) is 1. The van der Waals surface area contributed by atoms with Gasteiger partial charge in [0.05, 0.1) is 17.9 Å². The van der Waals surface area contributed by atoms with Gasteiger partial charge in [0.2, 0.25) is 5.91 Å². The lowest BCUT2D eigenvalue weighted by atomic mass is 10.3.